The van der Waals surface area contributed by atoms with Crippen LogP contribution in [0.25, 0.3) is 10.8 Å². The average Bonchev–Trinajstić information content (AvgIpc) is 2.65. The molecule has 0 aliphatic heterocycles. The van der Waals surface area contributed by atoms with E-state index in [0.29, 0.717) is 11.8 Å². The second-order valence-electron chi connectivity index (χ2n) is 7.68. The van der Waals surface area contributed by atoms with Crippen molar-refractivity contribution in [2.45, 2.75) is 52.5 Å². The molecule has 0 bridgehead atoms. The predicted octanol–water partition coefficient (Wildman–Crippen LogP) is 7.27. The number of hydrogen-bond donors (Lipinski definition) is 0. The van der Waals surface area contributed by atoms with Gasteiger partial charge in [0.25, 0.3) is 0 Å². The molecule has 1 nitrogen and oxygen atoms in total. The quantitative estimate of drug-likeness (QED) is 0.432. The molecule has 3 aromatic rings. The van der Waals surface area contributed by atoms with Crippen LogP contribution in [0.5, 0.6) is 0 Å². The van der Waals surface area contributed by atoms with Crippen LogP contribution in [0.1, 0.15) is 74.8 Å². The molecule has 0 amide bonds. The maximum atomic E-state index is 4.98. The minimum absolute atomic E-state index is 0.143. The normalized spacial score (nSPS) is 13.2. The Balaban J connectivity index is 2.02. The minimum atomic E-state index is 0.143. The lowest BCUT2D eigenvalue weighted by molar-refractivity contribution is 0.732. The highest BCUT2D eigenvalue weighted by atomic mass is 14.8. The summed E-state index contributed by atoms with van der Waals surface area (Å²) in [6.07, 6.45) is 2.05. The van der Waals surface area contributed by atoms with Crippen LogP contribution >= 0.6 is 0 Å². The van der Waals surface area contributed by atoms with Gasteiger partial charge in [-0.15, -0.1) is 0 Å². The van der Waals surface area contributed by atoms with Gasteiger partial charge >= 0.3 is 0 Å². The van der Waals surface area contributed by atoms with Crippen LogP contribution in [-0.4, -0.2) is 6.21 Å². The Kier molecular flexibility index (Phi) is 5.56. The highest BCUT2D eigenvalue weighted by molar-refractivity contribution is 5.99. The molecule has 26 heavy (non-hydrogen) atoms. The van der Waals surface area contributed by atoms with E-state index in [1.807, 2.05) is 6.21 Å². The summed E-state index contributed by atoms with van der Waals surface area (Å²) in [4.78, 5) is 4.98. The molecule has 0 aromatic heterocycles. The second kappa shape index (κ2) is 7.86. The lowest BCUT2D eigenvalue weighted by atomic mass is 9.85. The largest absolute Gasteiger partial charge is 0.285 e. The van der Waals surface area contributed by atoms with Gasteiger partial charge in [0.05, 0.1) is 6.04 Å². The van der Waals surface area contributed by atoms with Crippen molar-refractivity contribution in [3.05, 3.63) is 82.9 Å². The van der Waals surface area contributed by atoms with Crippen LogP contribution in [0.4, 0.5) is 0 Å². The third-order valence-corrected chi connectivity index (χ3v) is 5.10. The summed E-state index contributed by atoms with van der Waals surface area (Å²) < 4.78 is 0. The molecule has 134 valence electrons. The molecule has 0 N–H and O–H groups in total. The van der Waals surface area contributed by atoms with Crippen LogP contribution in [0.2, 0.25) is 0 Å². The smallest absolute Gasteiger partial charge is 0.0726 e. The summed E-state index contributed by atoms with van der Waals surface area (Å²) in [6, 6.07) is 21.8. The summed E-state index contributed by atoms with van der Waals surface area (Å²) in [5.41, 5.74) is 5.41. The van der Waals surface area contributed by atoms with Gasteiger partial charge in [0, 0.05) is 11.8 Å². The maximum Gasteiger partial charge on any atom is 0.0726 e. The van der Waals surface area contributed by atoms with Crippen molar-refractivity contribution < 1.29 is 0 Å². The SMILES string of the molecule is CC(C)c1cccc(C(C)C)c1C(C)N=Cc1cccc2ccccc12. The summed E-state index contributed by atoms with van der Waals surface area (Å²) in [5, 5.41) is 2.52. The first-order chi connectivity index (χ1) is 12.5. The van der Waals surface area contributed by atoms with Gasteiger partial charge in [0.2, 0.25) is 0 Å². The van der Waals surface area contributed by atoms with E-state index in [1.54, 1.807) is 0 Å². The third kappa shape index (κ3) is 3.72. The lowest BCUT2D eigenvalue weighted by Gasteiger charge is -2.22. The Hall–Kier alpha value is -2.41. The number of rotatable bonds is 5. The van der Waals surface area contributed by atoms with Crippen LogP contribution in [0.15, 0.2) is 65.7 Å². The van der Waals surface area contributed by atoms with Gasteiger partial charge < -0.3 is 0 Å². The Morgan fingerprint density at radius 3 is 1.92 bits per heavy atom. The van der Waals surface area contributed by atoms with E-state index >= 15 is 0 Å². The number of aliphatic imine (C=N–C) groups is 1. The number of hydrogen-bond acceptors (Lipinski definition) is 1. The molecule has 0 aliphatic rings. The summed E-state index contributed by atoms with van der Waals surface area (Å²) >= 11 is 0. The fraction of sp³-hybridized carbons (Fsp3) is 0.320. The molecule has 0 fully saturated rings. The van der Waals surface area contributed by atoms with Crippen LogP contribution in [-0.2, 0) is 0 Å². The molecule has 0 saturated heterocycles. The predicted molar refractivity (Wildman–Crippen MR) is 115 cm³/mol. The Morgan fingerprint density at radius 1 is 0.692 bits per heavy atom. The first-order valence-electron chi connectivity index (χ1n) is 9.62. The van der Waals surface area contributed by atoms with Crippen LogP contribution in [0.3, 0.4) is 0 Å². The molecule has 1 heteroatoms. The van der Waals surface area contributed by atoms with Crippen molar-refractivity contribution in [3.8, 4) is 0 Å². The minimum Gasteiger partial charge on any atom is -0.285 e. The van der Waals surface area contributed by atoms with E-state index in [0.717, 1.165) is 0 Å². The van der Waals surface area contributed by atoms with Crippen LogP contribution in [0, 0.1) is 0 Å². The van der Waals surface area contributed by atoms with Gasteiger partial charge in [-0.3, -0.25) is 4.99 Å². The average molecular weight is 344 g/mol. The summed E-state index contributed by atoms with van der Waals surface area (Å²) in [5.74, 6) is 0.998. The molecule has 0 spiro atoms. The fourth-order valence-corrected chi connectivity index (χ4v) is 3.72. The molecule has 0 saturated carbocycles. The van der Waals surface area contributed by atoms with E-state index in [-0.39, 0.29) is 6.04 Å². The maximum absolute atomic E-state index is 4.98. The molecule has 0 radical (unpaired) electrons. The topological polar surface area (TPSA) is 12.4 Å². The monoisotopic (exact) mass is 343 g/mol. The molecular formula is C25H29N. The van der Waals surface area contributed by atoms with Crippen molar-refractivity contribution in [2.24, 2.45) is 4.99 Å². The zero-order chi connectivity index (χ0) is 18.7. The highest BCUT2D eigenvalue weighted by Gasteiger charge is 2.18. The number of fused-ring (bicyclic) bond motifs is 1. The van der Waals surface area contributed by atoms with E-state index in [4.69, 9.17) is 4.99 Å². The van der Waals surface area contributed by atoms with Crippen molar-refractivity contribution >= 4 is 17.0 Å². The summed E-state index contributed by atoms with van der Waals surface area (Å²) in [6.45, 7) is 11.3. The van der Waals surface area contributed by atoms with E-state index in [1.165, 1.54) is 33.0 Å². The first-order valence-corrected chi connectivity index (χ1v) is 9.62. The standard InChI is InChI=1S/C25H29N/c1-17(2)22-14-9-15-23(18(3)4)25(22)19(5)26-16-21-12-8-11-20-10-6-7-13-24(20)21/h6-19H,1-5H3. The lowest BCUT2D eigenvalue weighted by Crippen LogP contribution is -2.06. The van der Waals surface area contributed by atoms with Gasteiger partial charge in [0.1, 0.15) is 0 Å². The highest BCUT2D eigenvalue weighted by Crippen LogP contribution is 2.34. The van der Waals surface area contributed by atoms with Gasteiger partial charge in [-0.25, -0.2) is 0 Å². The van der Waals surface area contributed by atoms with Crippen molar-refractivity contribution in [1.29, 1.82) is 0 Å². The third-order valence-electron chi connectivity index (χ3n) is 5.10. The summed E-state index contributed by atoms with van der Waals surface area (Å²) in [7, 11) is 0. The fourth-order valence-electron chi connectivity index (χ4n) is 3.72. The molecule has 1 unspecified atom stereocenters. The molecule has 1 atom stereocenters. The Bertz CT molecular complexity index is 887. The second-order valence-corrected chi connectivity index (χ2v) is 7.68. The number of nitrogens with zero attached hydrogens (tertiary/aromatic N) is 1. The van der Waals surface area contributed by atoms with Crippen molar-refractivity contribution in [2.75, 3.05) is 0 Å². The van der Waals surface area contributed by atoms with Gasteiger partial charge in [-0.1, -0.05) is 88.4 Å². The zero-order valence-electron chi connectivity index (χ0n) is 16.5. The first kappa shape index (κ1) is 18.4. The van der Waals surface area contributed by atoms with Crippen LogP contribution < -0.4 is 0 Å². The number of benzene rings is 3. The van der Waals surface area contributed by atoms with Gasteiger partial charge in [0.15, 0.2) is 0 Å². The van der Waals surface area contributed by atoms with Gasteiger partial charge in [-0.2, -0.15) is 0 Å². The molecule has 3 aromatic carbocycles. The Labute approximate surface area is 157 Å². The molecule has 0 heterocycles. The zero-order valence-corrected chi connectivity index (χ0v) is 16.5. The molecular weight excluding hydrogens is 314 g/mol. The van der Waals surface area contributed by atoms with Gasteiger partial charge in [-0.05, 0) is 46.2 Å². The van der Waals surface area contributed by atoms with Crippen molar-refractivity contribution in [1.82, 2.24) is 0 Å². The van der Waals surface area contributed by atoms with Crippen molar-refractivity contribution in [3.63, 3.8) is 0 Å². The molecule has 3 rings (SSSR count). The van der Waals surface area contributed by atoms with E-state index in [2.05, 4.69) is 95.3 Å². The Morgan fingerprint density at radius 2 is 1.27 bits per heavy atom. The molecule has 0 aliphatic carbocycles. The van der Waals surface area contributed by atoms with E-state index < -0.39 is 0 Å². The van der Waals surface area contributed by atoms with E-state index in [9.17, 15) is 0 Å².